The summed E-state index contributed by atoms with van der Waals surface area (Å²) in [6.45, 7) is 1.69. The molecule has 3 rings (SSSR count). The normalized spacial score (nSPS) is 16.1. The summed E-state index contributed by atoms with van der Waals surface area (Å²) in [6.07, 6.45) is 1.52. The zero-order chi connectivity index (χ0) is 12.5. The molecule has 0 saturated heterocycles. The lowest BCUT2D eigenvalue weighted by atomic mass is 10.2. The standard InChI is InChI=1S/C12H10N4O2/c1-7-15-16-11(18-7)6-10-12(17)14-9-5-3-2-4-8(9)13-10/h2-6,13H,1H3,(H,14,17)/b10-6-. The molecule has 18 heavy (non-hydrogen) atoms. The third-order valence-electron chi connectivity index (χ3n) is 2.50. The van der Waals surface area contributed by atoms with Crippen LogP contribution in [-0.4, -0.2) is 16.1 Å². The summed E-state index contributed by atoms with van der Waals surface area (Å²) in [7, 11) is 0. The monoisotopic (exact) mass is 242 g/mol. The Bertz CT molecular complexity index is 645. The highest BCUT2D eigenvalue weighted by Gasteiger charge is 2.19. The molecule has 1 aliphatic heterocycles. The van der Waals surface area contributed by atoms with Crippen LogP contribution in [0, 0.1) is 6.92 Å². The van der Waals surface area contributed by atoms with E-state index < -0.39 is 0 Å². The average Bonchev–Trinajstić information content (AvgIpc) is 2.76. The number of benzene rings is 1. The predicted octanol–water partition coefficient (Wildman–Crippen LogP) is 1.78. The molecule has 6 nitrogen and oxygen atoms in total. The van der Waals surface area contributed by atoms with E-state index in [1.807, 2.05) is 24.3 Å². The van der Waals surface area contributed by atoms with Crippen molar-refractivity contribution in [1.82, 2.24) is 10.2 Å². The van der Waals surface area contributed by atoms with Crippen molar-refractivity contribution >= 4 is 23.4 Å². The predicted molar refractivity (Wildman–Crippen MR) is 65.7 cm³/mol. The fourth-order valence-electron chi connectivity index (χ4n) is 1.69. The minimum atomic E-state index is -0.232. The number of carbonyl (C=O) groups is 1. The summed E-state index contributed by atoms with van der Waals surface area (Å²) >= 11 is 0. The largest absolute Gasteiger partial charge is 0.422 e. The number of amides is 1. The topological polar surface area (TPSA) is 80.0 Å². The molecule has 2 aromatic rings. The van der Waals surface area contributed by atoms with Crippen LogP contribution in [0.2, 0.25) is 0 Å². The van der Waals surface area contributed by atoms with Gasteiger partial charge in [0.1, 0.15) is 5.70 Å². The average molecular weight is 242 g/mol. The fourth-order valence-corrected chi connectivity index (χ4v) is 1.69. The van der Waals surface area contributed by atoms with E-state index in [4.69, 9.17) is 4.42 Å². The molecule has 0 atom stereocenters. The van der Waals surface area contributed by atoms with Gasteiger partial charge in [0.25, 0.3) is 5.91 Å². The second-order valence-corrected chi connectivity index (χ2v) is 3.84. The van der Waals surface area contributed by atoms with Crippen LogP contribution >= 0.6 is 0 Å². The van der Waals surface area contributed by atoms with Crippen LogP contribution in [0.15, 0.2) is 34.4 Å². The Kier molecular flexibility index (Phi) is 2.33. The number of fused-ring (bicyclic) bond motifs is 1. The molecule has 1 aromatic heterocycles. The molecular formula is C12H10N4O2. The lowest BCUT2D eigenvalue weighted by molar-refractivity contribution is -0.112. The first-order valence-corrected chi connectivity index (χ1v) is 5.41. The number of carbonyl (C=O) groups excluding carboxylic acids is 1. The van der Waals surface area contributed by atoms with Crippen LogP contribution in [0.1, 0.15) is 11.8 Å². The number of hydrogen-bond acceptors (Lipinski definition) is 5. The maximum Gasteiger partial charge on any atom is 0.272 e. The summed E-state index contributed by atoms with van der Waals surface area (Å²) in [4.78, 5) is 11.8. The molecule has 6 heteroatoms. The number of nitrogens with one attached hydrogen (secondary N) is 2. The van der Waals surface area contributed by atoms with Crippen LogP contribution < -0.4 is 10.6 Å². The van der Waals surface area contributed by atoms with Crippen molar-refractivity contribution in [2.45, 2.75) is 6.92 Å². The van der Waals surface area contributed by atoms with Crippen LogP contribution in [0.25, 0.3) is 6.08 Å². The lowest BCUT2D eigenvalue weighted by Gasteiger charge is -2.20. The second kappa shape index (κ2) is 3.99. The molecular weight excluding hydrogens is 232 g/mol. The molecule has 2 heterocycles. The number of anilines is 2. The second-order valence-electron chi connectivity index (χ2n) is 3.84. The van der Waals surface area contributed by atoms with Crippen molar-refractivity contribution in [2.75, 3.05) is 10.6 Å². The Morgan fingerprint density at radius 1 is 1.17 bits per heavy atom. The lowest BCUT2D eigenvalue weighted by Crippen LogP contribution is -2.25. The van der Waals surface area contributed by atoms with Gasteiger partial charge in [-0.05, 0) is 12.1 Å². The Balaban J connectivity index is 1.96. The van der Waals surface area contributed by atoms with Gasteiger partial charge in [-0.15, -0.1) is 10.2 Å². The van der Waals surface area contributed by atoms with Gasteiger partial charge >= 0.3 is 0 Å². The van der Waals surface area contributed by atoms with Gasteiger partial charge in [-0.1, -0.05) is 12.1 Å². The van der Waals surface area contributed by atoms with Gasteiger partial charge in [-0.3, -0.25) is 4.79 Å². The first-order valence-electron chi connectivity index (χ1n) is 5.41. The smallest absolute Gasteiger partial charge is 0.272 e. The van der Waals surface area contributed by atoms with E-state index in [9.17, 15) is 4.79 Å². The number of aromatic nitrogens is 2. The molecule has 1 aliphatic rings. The summed E-state index contributed by atoms with van der Waals surface area (Å²) in [5, 5.41) is 13.3. The van der Waals surface area contributed by atoms with Crippen LogP contribution in [0.4, 0.5) is 11.4 Å². The van der Waals surface area contributed by atoms with Gasteiger partial charge in [0.2, 0.25) is 11.8 Å². The highest BCUT2D eigenvalue weighted by molar-refractivity contribution is 6.13. The zero-order valence-electron chi connectivity index (χ0n) is 9.60. The summed E-state index contributed by atoms with van der Waals surface area (Å²) in [6, 6.07) is 7.45. The van der Waals surface area contributed by atoms with E-state index in [0.717, 1.165) is 11.4 Å². The first-order chi connectivity index (χ1) is 8.72. The van der Waals surface area contributed by atoms with Crippen LogP contribution in [-0.2, 0) is 4.79 Å². The summed E-state index contributed by atoms with van der Waals surface area (Å²) in [5.74, 6) is 0.521. The minimum Gasteiger partial charge on any atom is -0.422 e. The Morgan fingerprint density at radius 2 is 1.89 bits per heavy atom. The number of aryl methyl sites for hydroxylation is 1. The highest BCUT2D eigenvalue weighted by Crippen LogP contribution is 2.27. The maximum absolute atomic E-state index is 11.8. The number of rotatable bonds is 1. The van der Waals surface area contributed by atoms with E-state index in [1.54, 1.807) is 6.92 Å². The molecule has 0 aliphatic carbocycles. The van der Waals surface area contributed by atoms with Crippen LogP contribution in [0.5, 0.6) is 0 Å². The Morgan fingerprint density at radius 3 is 2.56 bits per heavy atom. The van der Waals surface area contributed by atoms with Gasteiger partial charge in [0.15, 0.2) is 0 Å². The van der Waals surface area contributed by atoms with Crippen molar-refractivity contribution in [3.63, 3.8) is 0 Å². The molecule has 0 unspecified atom stereocenters. The van der Waals surface area contributed by atoms with E-state index in [1.165, 1.54) is 6.08 Å². The van der Waals surface area contributed by atoms with Gasteiger partial charge < -0.3 is 15.1 Å². The molecule has 0 fully saturated rings. The van der Waals surface area contributed by atoms with E-state index in [0.29, 0.717) is 17.5 Å². The van der Waals surface area contributed by atoms with Crippen molar-refractivity contribution in [2.24, 2.45) is 0 Å². The fraction of sp³-hybridized carbons (Fsp3) is 0.0833. The quantitative estimate of drug-likeness (QED) is 0.745. The highest BCUT2D eigenvalue weighted by atomic mass is 16.4. The Hall–Kier alpha value is -2.63. The third kappa shape index (κ3) is 1.84. The number of para-hydroxylation sites is 2. The van der Waals surface area contributed by atoms with E-state index in [-0.39, 0.29) is 5.91 Å². The van der Waals surface area contributed by atoms with Gasteiger partial charge in [0.05, 0.1) is 11.4 Å². The molecule has 2 N–H and O–H groups in total. The van der Waals surface area contributed by atoms with Crippen molar-refractivity contribution in [1.29, 1.82) is 0 Å². The molecule has 0 bridgehead atoms. The molecule has 0 radical (unpaired) electrons. The maximum atomic E-state index is 11.8. The summed E-state index contributed by atoms with van der Waals surface area (Å²) < 4.78 is 5.20. The molecule has 1 amide bonds. The number of hydrogen-bond donors (Lipinski definition) is 2. The summed E-state index contributed by atoms with van der Waals surface area (Å²) in [5.41, 5.74) is 1.96. The van der Waals surface area contributed by atoms with Gasteiger partial charge in [-0.25, -0.2) is 0 Å². The number of nitrogens with zero attached hydrogens (tertiary/aromatic N) is 2. The Labute approximate surface area is 103 Å². The molecule has 1 aromatic carbocycles. The van der Waals surface area contributed by atoms with Crippen molar-refractivity contribution in [3.8, 4) is 0 Å². The van der Waals surface area contributed by atoms with Gasteiger partial charge in [-0.2, -0.15) is 0 Å². The van der Waals surface area contributed by atoms with Crippen LogP contribution in [0.3, 0.4) is 0 Å². The zero-order valence-corrected chi connectivity index (χ0v) is 9.60. The minimum absolute atomic E-state index is 0.232. The van der Waals surface area contributed by atoms with Gasteiger partial charge in [0, 0.05) is 13.0 Å². The SMILES string of the molecule is Cc1nnc(/C=C2\Nc3ccccc3NC2=O)o1. The van der Waals surface area contributed by atoms with E-state index >= 15 is 0 Å². The van der Waals surface area contributed by atoms with Crippen molar-refractivity contribution in [3.05, 3.63) is 41.7 Å². The van der Waals surface area contributed by atoms with Crippen molar-refractivity contribution < 1.29 is 9.21 Å². The first kappa shape index (κ1) is 10.5. The molecule has 90 valence electrons. The third-order valence-corrected chi connectivity index (χ3v) is 2.50. The van der Waals surface area contributed by atoms with E-state index in [2.05, 4.69) is 20.8 Å². The molecule has 0 spiro atoms. The molecule has 0 saturated carbocycles.